The summed E-state index contributed by atoms with van der Waals surface area (Å²) in [6.45, 7) is 7.39. The van der Waals surface area contributed by atoms with Crippen LogP contribution in [0, 0.1) is 0 Å². The minimum Gasteiger partial charge on any atom is -0.338 e. The van der Waals surface area contributed by atoms with Crippen molar-refractivity contribution in [1.82, 2.24) is 24.8 Å². The molecule has 1 fully saturated rings. The Bertz CT molecular complexity index is 679. The molecule has 1 aliphatic heterocycles. The number of carbonyl (C=O) groups is 1. The Hall–Kier alpha value is -2.22. The molecule has 3 heterocycles. The molecule has 0 unspecified atom stereocenters. The summed E-state index contributed by atoms with van der Waals surface area (Å²) in [4.78, 5) is 17.8. The number of hydrogen-bond donors (Lipinski definition) is 1. The first-order valence-electron chi connectivity index (χ1n) is 7.96. The molecule has 0 radical (unpaired) electrons. The van der Waals surface area contributed by atoms with Crippen LogP contribution in [0.15, 0.2) is 16.8 Å². The van der Waals surface area contributed by atoms with Crippen molar-refractivity contribution in [2.24, 2.45) is 0 Å². The van der Waals surface area contributed by atoms with Crippen molar-refractivity contribution < 1.29 is 9.32 Å². The topological polar surface area (TPSA) is 89.1 Å². The molecule has 0 aliphatic carbocycles. The van der Waals surface area contributed by atoms with Crippen molar-refractivity contribution in [1.29, 1.82) is 0 Å². The number of anilines is 1. The van der Waals surface area contributed by atoms with Gasteiger partial charge in [0, 0.05) is 38.7 Å². The maximum Gasteiger partial charge on any atom is 0.243 e. The van der Waals surface area contributed by atoms with Crippen LogP contribution in [0.2, 0.25) is 0 Å². The van der Waals surface area contributed by atoms with Crippen molar-refractivity contribution in [2.45, 2.75) is 45.7 Å². The Labute approximate surface area is 134 Å². The Morgan fingerprint density at radius 1 is 1.57 bits per heavy atom. The van der Waals surface area contributed by atoms with E-state index in [1.54, 1.807) is 0 Å². The van der Waals surface area contributed by atoms with E-state index in [4.69, 9.17) is 4.52 Å². The van der Waals surface area contributed by atoms with E-state index in [2.05, 4.69) is 32.4 Å². The molecule has 0 aromatic carbocycles. The largest absolute Gasteiger partial charge is 0.338 e. The fourth-order valence-corrected chi connectivity index (χ4v) is 2.86. The van der Waals surface area contributed by atoms with Crippen molar-refractivity contribution in [2.75, 3.05) is 18.4 Å². The van der Waals surface area contributed by atoms with Gasteiger partial charge in [-0.05, 0) is 13.3 Å². The average Bonchev–Trinajstić information content (AvgIpc) is 3.25. The van der Waals surface area contributed by atoms with E-state index in [1.807, 2.05) is 23.9 Å². The molecule has 1 amide bonds. The van der Waals surface area contributed by atoms with Crippen LogP contribution in [0.5, 0.6) is 0 Å². The van der Waals surface area contributed by atoms with Crippen LogP contribution in [-0.4, -0.2) is 43.8 Å². The monoisotopic (exact) mass is 318 g/mol. The molecule has 0 bridgehead atoms. The highest BCUT2D eigenvalue weighted by atomic mass is 16.5. The Morgan fingerprint density at radius 3 is 3.09 bits per heavy atom. The number of hydrogen-bond acceptors (Lipinski definition) is 6. The van der Waals surface area contributed by atoms with Gasteiger partial charge in [-0.2, -0.15) is 10.1 Å². The molecule has 124 valence electrons. The summed E-state index contributed by atoms with van der Waals surface area (Å²) in [7, 11) is 0. The molecule has 3 rings (SSSR count). The number of carbonyl (C=O) groups excluding carboxylic acids is 1. The van der Waals surface area contributed by atoms with E-state index >= 15 is 0 Å². The highest BCUT2D eigenvalue weighted by Crippen LogP contribution is 2.29. The van der Waals surface area contributed by atoms with Gasteiger partial charge in [-0.15, -0.1) is 0 Å². The van der Waals surface area contributed by atoms with Crippen LogP contribution < -0.4 is 5.32 Å². The fourth-order valence-electron chi connectivity index (χ4n) is 2.86. The van der Waals surface area contributed by atoms with Gasteiger partial charge in [0.25, 0.3) is 0 Å². The zero-order chi connectivity index (χ0) is 16.4. The predicted molar refractivity (Wildman–Crippen MR) is 83.8 cm³/mol. The van der Waals surface area contributed by atoms with E-state index in [0.717, 1.165) is 31.8 Å². The Balaban J connectivity index is 1.63. The van der Waals surface area contributed by atoms with E-state index in [-0.39, 0.29) is 18.0 Å². The first kappa shape index (κ1) is 15.7. The van der Waals surface area contributed by atoms with E-state index < -0.39 is 0 Å². The van der Waals surface area contributed by atoms with Gasteiger partial charge in [0.05, 0.1) is 12.1 Å². The van der Waals surface area contributed by atoms with Crippen LogP contribution >= 0.6 is 0 Å². The maximum atomic E-state index is 11.1. The molecule has 1 aliphatic rings. The summed E-state index contributed by atoms with van der Waals surface area (Å²) in [5.41, 5.74) is 0. The lowest BCUT2D eigenvalue weighted by atomic mass is 10.3. The quantitative estimate of drug-likeness (QED) is 0.904. The third-order valence-electron chi connectivity index (χ3n) is 4.19. The first-order valence-corrected chi connectivity index (χ1v) is 7.96. The smallest absolute Gasteiger partial charge is 0.243 e. The number of nitrogens with one attached hydrogen (secondary N) is 1. The second kappa shape index (κ2) is 6.49. The molecule has 23 heavy (non-hydrogen) atoms. The molecule has 1 N–H and O–H groups in total. The molecular formula is C15H22N6O2. The average molecular weight is 318 g/mol. The van der Waals surface area contributed by atoms with Crippen LogP contribution in [0.25, 0.3) is 0 Å². The lowest BCUT2D eigenvalue weighted by Crippen LogP contribution is -2.25. The second-order valence-electron chi connectivity index (χ2n) is 5.88. The first-order chi connectivity index (χ1) is 11.1. The number of aryl methyl sites for hydroxylation is 1. The van der Waals surface area contributed by atoms with Crippen LogP contribution in [-0.2, 0) is 11.2 Å². The molecule has 8 nitrogen and oxygen atoms in total. The van der Waals surface area contributed by atoms with Gasteiger partial charge < -0.3 is 9.84 Å². The molecule has 0 saturated carbocycles. The lowest BCUT2D eigenvalue weighted by Gasteiger charge is -2.20. The zero-order valence-electron chi connectivity index (χ0n) is 13.7. The van der Waals surface area contributed by atoms with Gasteiger partial charge in [-0.3, -0.25) is 14.4 Å². The normalized spacial score (nSPS) is 19.9. The molecule has 8 heteroatoms. The summed E-state index contributed by atoms with van der Waals surface area (Å²) in [6.07, 6.45) is 3.68. The summed E-state index contributed by atoms with van der Waals surface area (Å²) >= 11 is 0. The molecule has 2 aromatic rings. The predicted octanol–water partition coefficient (Wildman–Crippen LogP) is 1.79. The van der Waals surface area contributed by atoms with E-state index in [0.29, 0.717) is 11.7 Å². The number of nitrogens with zero attached hydrogens (tertiary/aromatic N) is 5. The third-order valence-corrected chi connectivity index (χ3v) is 4.19. The van der Waals surface area contributed by atoms with E-state index in [1.165, 1.54) is 6.92 Å². The van der Waals surface area contributed by atoms with Gasteiger partial charge in [0.2, 0.25) is 11.8 Å². The number of aromatic nitrogens is 4. The standard InChI is InChI=1S/C15H22N6O2/c1-4-13-17-15(23-19-13)10(2)20-7-5-12(9-20)21-8-6-14(18-21)16-11(3)22/h6,8,10,12H,4-5,7,9H2,1-3H3,(H,16,18,22)/t10-,12+/m1/s1. The number of likely N-dealkylation sites (tertiary alicyclic amines) is 1. The molecular weight excluding hydrogens is 296 g/mol. The summed E-state index contributed by atoms with van der Waals surface area (Å²) in [5.74, 6) is 1.89. The van der Waals surface area contributed by atoms with E-state index in [9.17, 15) is 4.79 Å². The molecule has 2 atom stereocenters. The van der Waals surface area contributed by atoms with Crippen molar-refractivity contribution in [3.63, 3.8) is 0 Å². The van der Waals surface area contributed by atoms with Gasteiger partial charge in [0.15, 0.2) is 11.6 Å². The van der Waals surface area contributed by atoms with Gasteiger partial charge >= 0.3 is 0 Å². The molecule has 1 saturated heterocycles. The van der Waals surface area contributed by atoms with Crippen LogP contribution in [0.1, 0.15) is 51.0 Å². The number of rotatable bonds is 5. The molecule has 0 spiro atoms. The minimum atomic E-state index is -0.111. The van der Waals surface area contributed by atoms with Gasteiger partial charge in [-0.1, -0.05) is 12.1 Å². The summed E-state index contributed by atoms with van der Waals surface area (Å²) in [6, 6.07) is 2.20. The highest BCUT2D eigenvalue weighted by molar-refractivity contribution is 5.87. The minimum absolute atomic E-state index is 0.0955. The van der Waals surface area contributed by atoms with Crippen molar-refractivity contribution in [3.05, 3.63) is 24.0 Å². The second-order valence-corrected chi connectivity index (χ2v) is 5.88. The van der Waals surface area contributed by atoms with Crippen molar-refractivity contribution in [3.8, 4) is 0 Å². The van der Waals surface area contributed by atoms with Crippen LogP contribution in [0.4, 0.5) is 5.82 Å². The Kier molecular flexibility index (Phi) is 4.42. The number of amides is 1. The maximum absolute atomic E-state index is 11.1. The van der Waals surface area contributed by atoms with Crippen LogP contribution in [0.3, 0.4) is 0 Å². The Morgan fingerprint density at radius 2 is 2.39 bits per heavy atom. The van der Waals surface area contributed by atoms with Crippen molar-refractivity contribution >= 4 is 11.7 Å². The summed E-state index contributed by atoms with van der Waals surface area (Å²) < 4.78 is 7.27. The third kappa shape index (κ3) is 3.42. The SMILES string of the molecule is CCc1noc([C@@H](C)N2CC[C@H](n3ccc(NC(C)=O)n3)C2)n1. The van der Waals surface area contributed by atoms with Gasteiger partial charge in [0.1, 0.15) is 0 Å². The lowest BCUT2D eigenvalue weighted by molar-refractivity contribution is -0.114. The van der Waals surface area contributed by atoms with Gasteiger partial charge in [-0.25, -0.2) is 0 Å². The fraction of sp³-hybridized carbons (Fsp3) is 0.600. The molecule has 2 aromatic heterocycles. The summed E-state index contributed by atoms with van der Waals surface area (Å²) in [5, 5.41) is 11.1. The highest BCUT2D eigenvalue weighted by Gasteiger charge is 2.30. The zero-order valence-corrected chi connectivity index (χ0v) is 13.7.